The molecule has 17 heavy (non-hydrogen) atoms. The maximum atomic E-state index is 11.5. The Labute approximate surface area is 106 Å². The van der Waals surface area contributed by atoms with Crippen LogP contribution < -0.4 is 5.73 Å². The van der Waals surface area contributed by atoms with Crippen molar-refractivity contribution in [2.75, 3.05) is 0 Å². The molecule has 0 spiro atoms. The van der Waals surface area contributed by atoms with Gasteiger partial charge in [-0.05, 0) is 27.2 Å². The largest absolute Gasteiger partial charge is 0.460 e. The molecule has 2 N–H and O–H groups in total. The molecule has 102 valence electrons. The van der Waals surface area contributed by atoms with Gasteiger partial charge < -0.3 is 10.5 Å². The van der Waals surface area contributed by atoms with E-state index in [1.54, 1.807) is 0 Å². The number of rotatable bonds is 8. The Morgan fingerprint density at radius 1 is 1.18 bits per heavy atom. The summed E-state index contributed by atoms with van der Waals surface area (Å²) in [6.45, 7) is 7.83. The molecule has 0 amide bonds. The van der Waals surface area contributed by atoms with Crippen LogP contribution in [0.1, 0.15) is 72.6 Å². The normalized spacial score (nSPS) is 13.5. The van der Waals surface area contributed by atoms with E-state index in [0.717, 1.165) is 12.8 Å². The number of carbonyl (C=O) groups is 1. The van der Waals surface area contributed by atoms with Gasteiger partial charge in [0.1, 0.15) is 5.60 Å². The van der Waals surface area contributed by atoms with Crippen molar-refractivity contribution < 1.29 is 9.53 Å². The maximum Gasteiger partial charge on any atom is 0.307 e. The third kappa shape index (κ3) is 11.7. The van der Waals surface area contributed by atoms with E-state index in [-0.39, 0.29) is 12.0 Å². The number of hydrogen-bond acceptors (Lipinski definition) is 3. The summed E-state index contributed by atoms with van der Waals surface area (Å²) in [7, 11) is 0. The highest BCUT2D eigenvalue weighted by molar-refractivity contribution is 5.70. The topological polar surface area (TPSA) is 52.3 Å². The molecule has 0 aliphatic heterocycles. The van der Waals surface area contributed by atoms with Gasteiger partial charge in [-0.3, -0.25) is 4.79 Å². The molecule has 0 radical (unpaired) electrons. The molecule has 0 aromatic rings. The van der Waals surface area contributed by atoms with Crippen LogP contribution in [0.3, 0.4) is 0 Å². The Morgan fingerprint density at radius 3 is 2.29 bits per heavy atom. The van der Waals surface area contributed by atoms with Gasteiger partial charge >= 0.3 is 5.97 Å². The molecule has 1 atom stereocenters. The van der Waals surface area contributed by atoms with E-state index in [1.807, 2.05) is 20.8 Å². The third-order valence-electron chi connectivity index (χ3n) is 2.53. The van der Waals surface area contributed by atoms with E-state index in [0.29, 0.717) is 6.42 Å². The zero-order valence-electron chi connectivity index (χ0n) is 11.9. The smallest absolute Gasteiger partial charge is 0.307 e. The highest BCUT2D eigenvalue weighted by Crippen LogP contribution is 2.12. The Kier molecular flexibility index (Phi) is 8.23. The number of esters is 1. The first-order valence-electron chi connectivity index (χ1n) is 6.82. The Balaban J connectivity index is 3.57. The van der Waals surface area contributed by atoms with Crippen molar-refractivity contribution >= 4 is 5.97 Å². The zero-order valence-corrected chi connectivity index (χ0v) is 11.9. The van der Waals surface area contributed by atoms with Gasteiger partial charge in [0.2, 0.25) is 0 Å². The highest BCUT2D eigenvalue weighted by atomic mass is 16.6. The number of unbranched alkanes of at least 4 members (excludes halogenated alkanes) is 4. The van der Waals surface area contributed by atoms with Crippen LogP contribution in [0.4, 0.5) is 0 Å². The molecule has 3 heteroatoms. The van der Waals surface area contributed by atoms with Gasteiger partial charge in [-0.25, -0.2) is 0 Å². The van der Waals surface area contributed by atoms with E-state index in [2.05, 4.69) is 6.92 Å². The minimum Gasteiger partial charge on any atom is -0.460 e. The standard InChI is InChI=1S/C14H29NO2/c1-5-6-7-8-9-10-12(15)11-13(16)17-14(2,3)4/h12H,5-11,15H2,1-4H3/t12-/m0/s1. The van der Waals surface area contributed by atoms with Crippen molar-refractivity contribution in [3.05, 3.63) is 0 Å². The molecule has 0 saturated heterocycles. The van der Waals surface area contributed by atoms with Crippen LogP contribution in [0.2, 0.25) is 0 Å². The van der Waals surface area contributed by atoms with Gasteiger partial charge in [-0.2, -0.15) is 0 Å². The third-order valence-corrected chi connectivity index (χ3v) is 2.53. The summed E-state index contributed by atoms with van der Waals surface area (Å²) < 4.78 is 5.23. The van der Waals surface area contributed by atoms with Gasteiger partial charge in [0.25, 0.3) is 0 Å². The van der Waals surface area contributed by atoms with E-state index < -0.39 is 5.60 Å². The molecule has 0 aliphatic carbocycles. The average molecular weight is 243 g/mol. The molecule has 0 fully saturated rings. The number of carbonyl (C=O) groups excluding carboxylic acids is 1. The summed E-state index contributed by atoms with van der Waals surface area (Å²) in [5.74, 6) is -0.182. The quantitative estimate of drug-likeness (QED) is 0.525. The first-order valence-corrected chi connectivity index (χ1v) is 6.82. The van der Waals surface area contributed by atoms with Gasteiger partial charge in [0.05, 0.1) is 6.42 Å². The lowest BCUT2D eigenvalue weighted by molar-refractivity contribution is -0.155. The van der Waals surface area contributed by atoms with Crippen LogP contribution in [-0.2, 0) is 9.53 Å². The van der Waals surface area contributed by atoms with Gasteiger partial charge in [0, 0.05) is 6.04 Å². The van der Waals surface area contributed by atoms with Crippen molar-refractivity contribution in [2.24, 2.45) is 5.73 Å². The van der Waals surface area contributed by atoms with Crippen LogP contribution >= 0.6 is 0 Å². The van der Waals surface area contributed by atoms with Crippen molar-refractivity contribution in [2.45, 2.75) is 84.3 Å². The van der Waals surface area contributed by atoms with Crippen molar-refractivity contribution in [3.63, 3.8) is 0 Å². The van der Waals surface area contributed by atoms with E-state index in [1.165, 1.54) is 25.7 Å². The van der Waals surface area contributed by atoms with E-state index in [4.69, 9.17) is 10.5 Å². The van der Waals surface area contributed by atoms with E-state index >= 15 is 0 Å². The molecule has 0 unspecified atom stereocenters. The second-order valence-corrected chi connectivity index (χ2v) is 5.75. The second kappa shape index (κ2) is 8.51. The van der Waals surface area contributed by atoms with Crippen LogP contribution in [-0.4, -0.2) is 17.6 Å². The maximum absolute atomic E-state index is 11.5. The lowest BCUT2D eigenvalue weighted by Crippen LogP contribution is -2.30. The Hall–Kier alpha value is -0.570. The molecular formula is C14H29NO2. The highest BCUT2D eigenvalue weighted by Gasteiger charge is 2.18. The molecule has 3 nitrogen and oxygen atoms in total. The van der Waals surface area contributed by atoms with Crippen LogP contribution in [0.25, 0.3) is 0 Å². The van der Waals surface area contributed by atoms with Crippen molar-refractivity contribution in [1.82, 2.24) is 0 Å². The fraction of sp³-hybridized carbons (Fsp3) is 0.929. The molecule has 0 saturated carbocycles. The summed E-state index contributed by atoms with van der Waals surface area (Å²) in [6.07, 6.45) is 7.41. The fourth-order valence-electron chi connectivity index (χ4n) is 1.71. The molecule has 0 aliphatic rings. The van der Waals surface area contributed by atoms with Gasteiger partial charge in [-0.1, -0.05) is 39.0 Å². The van der Waals surface area contributed by atoms with E-state index in [9.17, 15) is 4.79 Å². The first-order chi connectivity index (χ1) is 7.85. The minimum atomic E-state index is -0.405. The van der Waals surface area contributed by atoms with Crippen LogP contribution in [0.5, 0.6) is 0 Å². The number of ether oxygens (including phenoxy) is 1. The summed E-state index contributed by atoms with van der Waals surface area (Å²) in [5, 5.41) is 0. The number of nitrogens with two attached hydrogens (primary N) is 1. The predicted molar refractivity (Wildman–Crippen MR) is 71.8 cm³/mol. The minimum absolute atomic E-state index is 0.0496. The molecule has 0 aromatic carbocycles. The molecule has 0 bridgehead atoms. The van der Waals surface area contributed by atoms with Gasteiger partial charge in [0.15, 0.2) is 0 Å². The van der Waals surface area contributed by atoms with Gasteiger partial charge in [-0.15, -0.1) is 0 Å². The van der Waals surface area contributed by atoms with Crippen molar-refractivity contribution in [3.8, 4) is 0 Å². The summed E-state index contributed by atoms with van der Waals surface area (Å²) in [5.41, 5.74) is 5.50. The monoisotopic (exact) mass is 243 g/mol. The predicted octanol–water partition coefficient (Wildman–Crippen LogP) is 3.41. The second-order valence-electron chi connectivity index (χ2n) is 5.75. The lowest BCUT2D eigenvalue weighted by Gasteiger charge is -2.20. The lowest BCUT2D eigenvalue weighted by atomic mass is 10.0. The molecular weight excluding hydrogens is 214 g/mol. The number of hydrogen-bond donors (Lipinski definition) is 1. The first kappa shape index (κ1) is 16.4. The summed E-state index contributed by atoms with van der Waals surface area (Å²) >= 11 is 0. The molecule has 0 aromatic heterocycles. The van der Waals surface area contributed by atoms with Crippen LogP contribution in [0.15, 0.2) is 0 Å². The summed E-state index contributed by atoms with van der Waals surface area (Å²) in [4.78, 5) is 11.5. The average Bonchev–Trinajstić information content (AvgIpc) is 2.14. The fourth-order valence-corrected chi connectivity index (χ4v) is 1.71. The molecule has 0 rings (SSSR count). The SMILES string of the molecule is CCCCCCC[C@H](N)CC(=O)OC(C)(C)C. The van der Waals surface area contributed by atoms with Crippen molar-refractivity contribution in [1.29, 1.82) is 0 Å². The van der Waals surface area contributed by atoms with Crippen LogP contribution in [0, 0.1) is 0 Å². The zero-order chi connectivity index (χ0) is 13.3. The Bertz CT molecular complexity index is 209. The Morgan fingerprint density at radius 2 is 1.76 bits per heavy atom. The summed E-state index contributed by atoms with van der Waals surface area (Å²) in [6, 6.07) is -0.0496. The molecule has 0 heterocycles.